The van der Waals surface area contributed by atoms with Crippen LogP contribution in [0.15, 0.2) is 142 Å². The van der Waals surface area contributed by atoms with Crippen molar-refractivity contribution in [1.82, 2.24) is 27.8 Å². The number of carbonyl (C=O) groups excluding carboxylic acids is 4. The van der Waals surface area contributed by atoms with Gasteiger partial charge in [-0.2, -0.15) is 26.3 Å². The van der Waals surface area contributed by atoms with Crippen LogP contribution in [-0.4, -0.2) is 142 Å². The van der Waals surface area contributed by atoms with E-state index in [0.717, 1.165) is 9.13 Å². The molecule has 6 aromatic carbocycles. The molecule has 3 aliphatic rings. The Balaban J connectivity index is 0.000000171. The number of nitrogens with two attached hydrogens (primary N) is 1. The third-order valence-electron chi connectivity index (χ3n) is 19.7. The molecule has 25 nitrogen and oxygen atoms in total. The third kappa shape index (κ3) is 18.1. The van der Waals surface area contributed by atoms with Gasteiger partial charge in [-0.05, 0) is 160 Å². The van der Waals surface area contributed by atoms with Gasteiger partial charge >= 0.3 is 42.9 Å². The quantitative estimate of drug-likeness (QED) is 0.0419. The number of fused-ring (bicyclic) bond motifs is 3. The van der Waals surface area contributed by atoms with Gasteiger partial charge in [0.05, 0.1) is 84.7 Å². The zero-order chi connectivity index (χ0) is 77.3. The summed E-state index contributed by atoms with van der Waals surface area (Å²) in [7, 11) is -9.22. The minimum absolute atomic E-state index is 0.0165. The van der Waals surface area contributed by atoms with Crippen LogP contribution in [0.5, 0.6) is 17.2 Å². The Morgan fingerprint density at radius 2 is 0.764 bits per heavy atom. The van der Waals surface area contributed by atoms with Crippen molar-refractivity contribution in [3.8, 4) is 34.3 Å². The highest BCUT2D eigenvalue weighted by atomic mass is 32.2. The van der Waals surface area contributed by atoms with Crippen molar-refractivity contribution in [3.05, 3.63) is 176 Å². The second-order valence-corrected chi connectivity index (χ2v) is 34.7. The number of hydrogen-bond acceptors (Lipinski definition) is 17. The Bertz CT molecular complexity index is 5220. The minimum atomic E-state index is -3.10. The molecule has 0 saturated carbocycles. The zero-order valence-electron chi connectivity index (χ0n) is 57.8. The van der Waals surface area contributed by atoms with Crippen molar-refractivity contribution < 1.29 is 94.9 Å². The maximum atomic E-state index is 13.5. The van der Waals surface area contributed by atoms with Gasteiger partial charge in [0, 0.05) is 54.2 Å². The number of Topliss-reactive ketones (excluding diaryl/α,β-unsaturated/α-hetero) is 3. The van der Waals surface area contributed by atoms with Crippen LogP contribution < -0.4 is 37.0 Å². The number of sulfone groups is 3. The van der Waals surface area contributed by atoms with Gasteiger partial charge in [0.1, 0.15) is 58.8 Å². The number of aromatic nitrogens is 6. The second kappa shape index (κ2) is 30.8. The summed E-state index contributed by atoms with van der Waals surface area (Å²) in [6, 6.07) is 28.3. The summed E-state index contributed by atoms with van der Waals surface area (Å²) in [6.45, 7) is -0.665. The summed E-state index contributed by atoms with van der Waals surface area (Å²) in [5.41, 5.74) is 5.93. The molecule has 2 unspecified atom stereocenters. The van der Waals surface area contributed by atoms with Crippen LogP contribution in [0.2, 0.25) is 0 Å². The molecular formula is C72H75F6N7O18S3. The van der Waals surface area contributed by atoms with Gasteiger partial charge in [0.25, 0.3) is 0 Å². The molecule has 9 aromatic rings. The van der Waals surface area contributed by atoms with Crippen molar-refractivity contribution in [1.29, 1.82) is 0 Å². The van der Waals surface area contributed by atoms with Crippen LogP contribution in [-0.2, 0) is 39.1 Å². The molecule has 566 valence electrons. The SMILES string of the molecule is CC(C(=O)O)n1c(=O)n(-c2cccc(OC(F)F)c2)c2ccc(C(=O)CC3(C)CCS(=O)(=O)CC3)cc21.CC(C(N)=O)n1c(=O)n(-c2cccc(OC(F)F)c2)c2ccc(C(=O)CC3(C)CCS(=O)(=O)CC3)cc21.CC1(CC(=O)c2ccc3c(c2)[nH]c(=O)n3-c2cccc(OC(F)F)c2)CCS(=O)(=O)CC1. The Morgan fingerprint density at radius 1 is 0.453 bits per heavy atom. The molecule has 0 bridgehead atoms. The number of rotatable bonds is 22. The van der Waals surface area contributed by atoms with Crippen LogP contribution in [0.4, 0.5) is 26.3 Å². The number of carboxylic acid groups (broad SMARTS) is 1. The molecule has 34 heteroatoms. The molecule has 0 radical (unpaired) electrons. The summed E-state index contributed by atoms with van der Waals surface area (Å²) >= 11 is 0. The molecule has 3 saturated heterocycles. The molecule has 6 heterocycles. The number of carbonyl (C=O) groups is 5. The molecule has 1 amide bonds. The van der Waals surface area contributed by atoms with Crippen LogP contribution in [0.1, 0.15) is 136 Å². The first-order chi connectivity index (χ1) is 49.7. The average Bonchev–Trinajstić information content (AvgIpc) is 1.60. The summed E-state index contributed by atoms with van der Waals surface area (Å²) < 4.78 is 166. The van der Waals surface area contributed by atoms with Gasteiger partial charge in [-0.15, -0.1) is 0 Å². The van der Waals surface area contributed by atoms with Gasteiger partial charge < -0.3 is 30.0 Å². The predicted molar refractivity (Wildman–Crippen MR) is 380 cm³/mol. The van der Waals surface area contributed by atoms with Gasteiger partial charge in [-0.25, -0.2) is 44.4 Å². The monoisotopic (exact) mass is 1540 g/mol. The van der Waals surface area contributed by atoms with Crippen LogP contribution in [0.3, 0.4) is 0 Å². The van der Waals surface area contributed by atoms with Crippen molar-refractivity contribution in [2.45, 2.75) is 124 Å². The predicted octanol–water partition coefficient (Wildman–Crippen LogP) is 10.8. The molecule has 4 N–H and O–H groups in total. The molecule has 0 spiro atoms. The lowest BCUT2D eigenvalue weighted by Gasteiger charge is -2.32. The van der Waals surface area contributed by atoms with Gasteiger partial charge in [0.2, 0.25) is 5.91 Å². The van der Waals surface area contributed by atoms with E-state index in [4.69, 9.17) is 5.73 Å². The first kappa shape index (κ1) is 78.5. The number of H-pyrrole nitrogens is 1. The summed E-state index contributed by atoms with van der Waals surface area (Å²) in [4.78, 5) is 105. The van der Waals surface area contributed by atoms with E-state index in [1.165, 1.54) is 119 Å². The second-order valence-electron chi connectivity index (χ2n) is 27.8. The fourth-order valence-electron chi connectivity index (χ4n) is 13.3. The number of ether oxygens (including phenoxy) is 3. The third-order valence-corrected chi connectivity index (χ3v) is 24.7. The summed E-state index contributed by atoms with van der Waals surface area (Å²) in [6.07, 6.45) is 2.78. The molecule has 12 rings (SSSR count). The number of benzene rings is 6. The summed E-state index contributed by atoms with van der Waals surface area (Å²) in [5.74, 6) is -2.81. The maximum absolute atomic E-state index is 13.5. The minimum Gasteiger partial charge on any atom is -0.480 e. The number of amides is 1. The topological polar surface area (TPSA) is 353 Å². The molecule has 3 aromatic heterocycles. The molecule has 2 atom stereocenters. The zero-order valence-corrected chi connectivity index (χ0v) is 60.3. The Kier molecular flexibility index (Phi) is 22.8. The Morgan fingerprint density at radius 3 is 1.08 bits per heavy atom. The highest BCUT2D eigenvalue weighted by Gasteiger charge is 2.39. The smallest absolute Gasteiger partial charge is 0.387 e. The van der Waals surface area contributed by atoms with Crippen molar-refractivity contribution in [2.24, 2.45) is 22.0 Å². The molecule has 3 aliphatic heterocycles. The number of nitrogens with one attached hydrogen (secondary N) is 1. The van der Waals surface area contributed by atoms with Crippen molar-refractivity contribution in [2.75, 3.05) is 34.5 Å². The average molecular weight is 1540 g/mol. The number of imidazole rings is 3. The van der Waals surface area contributed by atoms with Gasteiger partial charge in [0.15, 0.2) is 17.3 Å². The Hall–Kier alpha value is -10.1. The van der Waals surface area contributed by atoms with Crippen LogP contribution >= 0.6 is 0 Å². The molecule has 3 fully saturated rings. The van der Waals surface area contributed by atoms with Gasteiger partial charge in [-0.1, -0.05) is 39.0 Å². The first-order valence-corrected chi connectivity index (χ1v) is 38.8. The van der Waals surface area contributed by atoms with Crippen LogP contribution in [0, 0.1) is 16.2 Å². The van der Waals surface area contributed by atoms with Gasteiger partial charge in [-0.3, -0.25) is 42.0 Å². The van der Waals surface area contributed by atoms with Crippen molar-refractivity contribution >= 4 is 91.8 Å². The number of alkyl halides is 6. The van der Waals surface area contributed by atoms with E-state index in [1.807, 2.05) is 20.8 Å². The van der Waals surface area contributed by atoms with Crippen LogP contribution in [0.25, 0.3) is 50.2 Å². The van der Waals surface area contributed by atoms with E-state index >= 15 is 0 Å². The number of ketones is 3. The van der Waals surface area contributed by atoms with E-state index in [9.17, 15) is 95.1 Å². The van der Waals surface area contributed by atoms with E-state index in [1.54, 1.807) is 36.4 Å². The lowest BCUT2D eigenvalue weighted by atomic mass is 9.78. The highest BCUT2D eigenvalue weighted by molar-refractivity contribution is 7.91. The number of nitrogens with zero attached hydrogens (tertiary/aromatic N) is 5. The number of halogens is 6. The van der Waals surface area contributed by atoms with E-state index < -0.39 is 101 Å². The largest absolute Gasteiger partial charge is 0.480 e. The number of aliphatic carboxylic acids is 1. The fourth-order valence-corrected chi connectivity index (χ4v) is 18.7. The fraction of sp³-hybridized carbons (Fsp3) is 0.389. The van der Waals surface area contributed by atoms with E-state index in [2.05, 4.69) is 19.2 Å². The van der Waals surface area contributed by atoms with E-state index in [0.29, 0.717) is 71.9 Å². The first-order valence-electron chi connectivity index (χ1n) is 33.3. The van der Waals surface area contributed by atoms with Crippen molar-refractivity contribution in [3.63, 3.8) is 0 Å². The normalized spacial score (nSPS) is 17.5. The number of hydrogen-bond donors (Lipinski definition) is 3. The Labute approximate surface area is 602 Å². The maximum Gasteiger partial charge on any atom is 0.387 e. The number of carboxylic acids is 1. The van der Waals surface area contributed by atoms with E-state index in [-0.39, 0.29) is 127 Å². The molecular weight excluding hydrogens is 1460 g/mol. The molecule has 0 aliphatic carbocycles. The lowest BCUT2D eigenvalue weighted by Crippen LogP contribution is -2.33. The lowest BCUT2D eigenvalue weighted by molar-refractivity contribution is -0.140. The number of primary amides is 1. The number of aromatic amines is 1. The summed E-state index contributed by atoms with van der Waals surface area (Å²) in [5, 5.41) is 9.63. The highest BCUT2D eigenvalue weighted by Crippen LogP contribution is 2.40. The standard InChI is InChI=1S/C25H27F2N3O6S.C25H26F2N2O7S.C22H22F2N2O5S/c1-15(22(28)32)29-20-12-16(21(31)14-25(2)8-10-37(34,35)11-9-25)6-7-19(20)30(24(29)33)17-4-3-5-18(13-17)36-23(26)27;1-15(22(31)32)28-20-12-16(21(30)14-25(2)8-10-37(34,35)11-9-25)6-7-19(20)29(24(28)33)17-4-3-5-18(13-17)36-23(26)27;1-22(7-9-32(29,30)10-8-22)13-19(27)14-5-6-18-17(11-14)25-21(28)26(18)15-3-2-4-16(12-15)31-20(23)24/h3-7,12-13,15,23H,8-11,14H2,1-2H3,(H2,28,32);3-7,12-13,15,23H,8-11,14H2,1-2H3,(H,31,32);2-6,11-12,20H,7-10,13H2,1H3,(H,25,28). The molecule has 106 heavy (non-hydrogen) atoms.